The average Bonchev–Trinajstić information content (AvgIpc) is 3.75. The van der Waals surface area contributed by atoms with E-state index in [4.69, 9.17) is 16.7 Å². The predicted molar refractivity (Wildman–Crippen MR) is 141 cm³/mol. The molecule has 210 valence electrons. The van der Waals surface area contributed by atoms with Gasteiger partial charge in [0.2, 0.25) is 17.7 Å². The second kappa shape index (κ2) is 10.3. The maximum Gasteiger partial charge on any atom is 0.305 e. The molecular weight excluding hydrogens is 528 g/mol. The summed E-state index contributed by atoms with van der Waals surface area (Å²) in [6.07, 6.45) is 1.64. The number of amides is 4. The zero-order chi connectivity index (χ0) is 28.9. The van der Waals surface area contributed by atoms with Crippen LogP contribution in [0.15, 0.2) is 18.2 Å². The highest BCUT2D eigenvalue weighted by molar-refractivity contribution is 6.34. The molecule has 0 radical (unpaired) electrons. The van der Waals surface area contributed by atoms with Crippen molar-refractivity contribution >= 4 is 53.2 Å². The van der Waals surface area contributed by atoms with Gasteiger partial charge in [0.05, 0.1) is 23.2 Å². The summed E-state index contributed by atoms with van der Waals surface area (Å²) in [5.74, 6) is -3.04. The van der Waals surface area contributed by atoms with Gasteiger partial charge >= 0.3 is 5.97 Å². The van der Waals surface area contributed by atoms with Crippen LogP contribution < -0.4 is 16.0 Å². The lowest BCUT2D eigenvalue weighted by atomic mass is 9.85. The number of aliphatic carboxylic acids is 1. The summed E-state index contributed by atoms with van der Waals surface area (Å²) in [6, 6.07) is 1.24. The van der Waals surface area contributed by atoms with Gasteiger partial charge in [0.25, 0.3) is 5.91 Å². The molecule has 39 heavy (non-hydrogen) atoms. The number of hydrogen-bond donors (Lipinski definition) is 4. The second-order valence-corrected chi connectivity index (χ2v) is 12.1. The highest BCUT2D eigenvalue weighted by atomic mass is 35.5. The van der Waals surface area contributed by atoms with Gasteiger partial charge in [0, 0.05) is 18.0 Å². The first-order valence-corrected chi connectivity index (χ1v) is 13.3. The summed E-state index contributed by atoms with van der Waals surface area (Å²) in [4.78, 5) is 76.0. The number of carboxylic acids is 1. The van der Waals surface area contributed by atoms with Crippen LogP contribution in [0.3, 0.4) is 0 Å². The molecule has 1 heterocycles. The summed E-state index contributed by atoms with van der Waals surface area (Å²) in [7, 11) is 0. The number of anilines is 1. The van der Waals surface area contributed by atoms with E-state index in [-0.39, 0.29) is 40.3 Å². The van der Waals surface area contributed by atoms with E-state index in [9.17, 15) is 28.8 Å². The predicted octanol–water partition coefficient (Wildman–Crippen LogP) is 1.98. The van der Waals surface area contributed by atoms with Crippen LogP contribution >= 0.6 is 11.6 Å². The fourth-order valence-electron chi connectivity index (χ4n) is 5.66. The molecule has 2 aliphatic carbocycles. The van der Waals surface area contributed by atoms with Crippen molar-refractivity contribution < 1.29 is 33.9 Å². The van der Waals surface area contributed by atoms with Gasteiger partial charge < -0.3 is 30.8 Å². The van der Waals surface area contributed by atoms with Gasteiger partial charge in [0.1, 0.15) is 18.4 Å². The van der Waals surface area contributed by atoms with Crippen LogP contribution in [-0.2, 0) is 24.0 Å². The summed E-state index contributed by atoms with van der Waals surface area (Å²) in [6.45, 7) is 7.11. The van der Waals surface area contributed by atoms with Crippen LogP contribution in [0.4, 0.5) is 5.69 Å². The minimum Gasteiger partial charge on any atom is -0.481 e. The zero-order valence-corrected chi connectivity index (χ0v) is 23.0. The van der Waals surface area contributed by atoms with Crippen LogP contribution in [0.2, 0.25) is 5.02 Å². The fourth-order valence-corrected chi connectivity index (χ4v) is 5.88. The Morgan fingerprint density at radius 3 is 2.44 bits per heavy atom. The van der Waals surface area contributed by atoms with Crippen LogP contribution in [0.25, 0.3) is 0 Å². The van der Waals surface area contributed by atoms with Gasteiger partial charge in [0.15, 0.2) is 0 Å². The van der Waals surface area contributed by atoms with Crippen molar-refractivity contribution in [3.63, 3.8) is 0 Å². The molecule has 4 rings (SSSR count). The zero-order valence-electron chi connectivity index (χ0n) is 22.2. The Morgan fingerprint density at radius 2 is 1.87 bits per heavy atom. The third-order valence-electron chi connectivity index (χ3n) is 7.90. The molecule has 4 N–H and O–H groups in total. The summed E-state index contributed by atoms with van der Waals surface area (Å²) in [5.41, 5.74) is -0.277. The van der Waals surface area contributed by atoms with Crippen molar-refractivity contribution in [2.75, 3.05) is 5.32 Å². The largest absolute Gasteiger partial charge is 0.481 e. The topological polar surface area (TPSA) is 162 Å². The molecule has 1 saturated heterocycles. The normalized spacial score (nSPS) is 25.9. The summed E-state index contributed by atoms with van der Waals surface area (Å²) >= 11 is 6.27. The molecule has 1 aliphatic heterocycles. The first-order chi connectivity index (χ1) is 18.2. The number of carbonyl (C=O) groups is 6. The van der Waals surface area contributed by atoms with Gasteiger partial charge in [-0.1, -0.05) is 39.3 Å². The SMILES string of the molecule is CCC(=O)Nc1ccc(C(=O)NC(C(=O)N2C(C(=O)N[C@H](C=O)CC(=O)O)C3CC34CC24)C(C)(C)C)cc1Cl. The van der Waals surface area contributed by atoms with Crippen molar-refractivity contribution in [3.05, 3.63) is 28.8 Å². The van der Waals surface area contributed by atoms with Crippen molar-refractivity contribution in [2.24, 2.45) is 16.7 Å². The second-order valence-electron chi connectivity index (χ2n) is 11.7. The maximum atomic E-state index is 14.0. The number of nitrogens with one attached hydrogen (secondary N) is 3. The molecule has 1 spiro atoms. The maximum absolute atomic E-state index is 14.0. The van der Waals surface area contributed by atoms with Crippen molar-refractivity contribution in [1.29, 1.82) is 0 Å². The number of hydrogen-bond acceptors (Lipinski definition) is 6. The molecule has 4 amide bonds. The van der Waals surface area contributed by atoms with Crippen LogP contribution in [0, 0.1) is 16.7 Å². The van der Waals surface area contributed by atoms with Gasteiger partial charge in [-0.15, -0.1) is 0 Å². The minimum absolute atomic E-state index is 0.0652. The molecule has 2 saturated carbocycles. The Morgan fingerprint density at radius 1 is 1.18 bits per heavy atom. The number of halogens is 1. The lowest BCUT2D eigenvalue weighted by molar-refractivity contribution is -0.145. The Balaban J connectivity index is 1.53. The standard InChI is InChI=1S/C27H33ClN4O7/c1-5-19(34)30-17-7-6-13(8-16(17)28)23(37)31-22(26(2,3)4)25(39)32-18-11-27(18)10-15(27)21(32)24(38)29-14(12-33)9-20(35)36/h6-8,12,14-15,18,21-22H,5,9-11H2,1-4H3,(H,29,38)(H,30,34)(H,31,37)(H,35,36)/t14-,15?,18?,21?,22?,27?/m0/s1. The molecule has 3 aliphatic rings. The Kier molecular flexibility index (Phi) is 7.50. The number of nitrogens with zero attached hydrogens (tertiary/aromatic N) is 1. The molecule has 1 aromatic carbocycles. The number of rotatable bonds is 10. The first-order valence-electron chi connectivity index (χ1n) is 12.9. The van der Waals surface area contributed by atoms with E-state index in [0.717, 1.165) is 12.8 Å². The molecule has 3 fully saturated rings. The van der Waals surface area contributed by atoms with Crippen LogP contribution in [-0.4, -0.2) is 70.1 Å². The molecular formula is C27H33ClN4O7. The minimum atomic E-state index is -1.23. The fraction of sp³-hybridized carbons (Fsp3) is 0.556. The molecule has 6 atom stereocenters. The van der Waals surface area contributed by atoms with Gasteiger partial charge in [-0.25, -0.2) is 0 Å². The molecule has 12 heteroatoms. The molecule has 11 nitrogen and oxygen atoms in total. The van der Waals surface area contributed by atoms with Crippen LogP contribution in [0.1, 0.15) is 63.7 Å². The van der Waals surface area contributed by atoms with Crippen molar-refractivity contribution in [2.45, 2.75) is 77.5 Å². The molecule has 1 aromatic rings. The van der Waals surface area contributed by atoms with E-state index in [0.29, 0.717) is 12.0 Å². The number of piperidine rings is 2. The molecule has 0 bridgehead atoms. The Labute approximate surface area is 231 Å². The van der Waals surface area contributed by atoms with E-state index < -0.39 is 53.7 Å². The quantitative estimate of drug-likeness (QED) is 0.318. The molecule has 5 unspecified atom stereocenters. The first kappa shape index (κ1) is 28.5. The average molecular weight is 561 g/mol. The van der Waals surface area contributed by atoms with Gasteiger partial charge in [-0.2, -0.15) is 0 Å². The third kappa shape index (κ3) is 5.50. The van der Waals surface area contributed by atoms with Gasteiger partial charge in [-0.05, 0) is 47.8 Å². The number of benzene rings is 1. The molecule has 0 aromatic heterocycles. The van der Waals surface area contributed by atoms with E-state index in [2.05, 4.69) is 16.0 Å². The number of carbonyl (C=O) groups excluding carboxylic acids is 5. The van der Waals surface area contributed by atoms with Crippen LogP contribution in [0.5, 0.6) is 0 Å². The van der Waals surface area contributed by atoms with Crippen molar-refractivity contribution in [3.8, 4) is 0 Å². The Bertz CT molecular complexity index is 1240. The number of aldehydes is 1. The monoisotopic (exact) mass is 560 g/mol. The van der Waals surface area contributed by atoms with E-state index in [1.165, 1.54) is 23.1 Å². The van der Waals surface area contributed by atoms with Crippen molar-refractivity contribution in [1.82, 2.24) is 15.5 Å². The van der Waals surface area contributed by atoms with E-state index >= 15 is 0 Å². The smallest absolute Gasteiger partial charge is 0.305 e. The lowest BCUT2D eigenvalue weighted by Gasteiger charge is -2.37. The number of carboxylic acid groups (broad SMARTS) is 1. The third-order valence-corrected chi connectivity index (χ3v) is 8.21. The highest BCUT2D eigenvalue weighted by Crippen LogP contribution is 2.78. The highest BCUT2D eigenvalue weighted by Gasteiger charge is 2.82. The van der Waals surface area contributed by atoms with E-state index in [1.54, 1.807) is 27.7 Å². The summed E-state index contributed by atoms with van der Waals surface area (Å²) in [5, 5.41) is 17.1. The summed E-state index contributed by atoms with van der Waals surface area (Å²) < 4.78 is 0. The van der Waals surface area contributed by atoms with E-state index in [1.807, 2.05) is 0 Å². The Hall–Kier alpha value is -3.47. The van der Waals surface area contributed by atoms with Gasteiger partial charge in [-0.3, -0.25) is 24.0 Å². The lowest BCUT2D eigenvalue weighted by Crippen LogP contribution is -2.60. The number of likely N-dealkylation sites (tertiary alicyclic amines) is 1.